The minimum Gasteiger partial charge on any atom is -0.329 e. The van der Waals surface area contributed by atoms with E-state index in [0.717, 1.165) is 0 Å². The fourth-order valence-electron chi connectivity index (χ4n) is 0.923. The lowest BCUT2D eigenvalue weighted by Crippen LogP contribution is -2.34. The molecular formula is C10H21NO3S. The van der Waals surface area contributed by atoms with Crippen LogP contribution in [0.15, 0.2) is 0 Å². The Morgan fingerprint density at radius 3 is 2.13 bits per heavy atom. The van der Waals surface area contributed by atoms with E-state index < -0.39 is 20.5 Å². The molecule has 0 saturated heterocycles. The van der Waals surface area contributed by atoms with Crippen LogP contribution >= 0.6 is 0 Å². The summed E-state index contributed by atoms with van der Waals surface area (Å²) in [6, 6.07) is 0. The average molecular weight is 235 g/mol. The van der Waals surface area contributed by atoms with Gasteiger partial charge in [-0.3, -0.25) is 4.79 Å². The van der Waals surface area contributed by atoms with Gasteiger partial charge in [0.15, 0.2) is 9.84 Å². The van der Waals surface area contributed by atoms with Crippen LogP contribution in [0.25, 0.3) is 0 Å². The predicted octanol–water partition coefficient (Wildman–Crippen LogP) is 0.754. The highest BCUT2D eigenvalue weighted by molar-refractivity contribution is 7.91. The van der Waals surface area contributed by atoms with Crippen LogP contribution in [0.1, 0.15) is 34.1 Å². The van der Waals surface area contributed by atoms with E-state index >= 15 is 0 Å². The molecule has 0 aromatic rings. The molecule has 15 heavy (non-hydrogen) atoms. The van der Waals surface area contributed by atoms with Crippen LogP contribution < -0.4 is 5.73 Å². The van der Waals surface area contributed by atoms with Crippen molar-refractivity contribution in [2.45, 2.75) is 39.4 Å². The van der Waals surface area contributed by atoms with Crippen LogP contribution in [0.2, 0.25) is 0 Å². The summed E-state index contributed by atoms with van der Waals surface area (Å²) in [5, 5.41) is -0.425. The second-order valence-electron chi connectivity index (χ2n) is 4.68. The second-order valence-corrected chi connectivity index (χ2v) is 7.35. The lowest BCUT2D eigenvalue weighted by Gasteiger charge is -2.20. The number of sulfone groups is 1. The van der Waals surface area contributed by atoms with Gasteiger partial charge in [-0.1, -0.05) is 13.8 Å². The normalized spacial score (nSPS) is 13.2. The van der Waals surface area contributed by atoms with E-state index in [-0.39, 0.29) is 24.5 Å². The Labute approximate surface area is 92.2 Å². The summed E-state index contributed by atoms with van der Waals surface area (Å²) in [5.41, 5.74) is 4.82. The van der Waals surface area contributed by atoms with Crippen molar-refractivity contribution in [1.29, 1.82) is 0 Å². The van der Waals surface area contributed by atoms with Crippen molar-refractivity contribution in [3.8, 4) is 0 Å². The van der Waals surface area contributed by atoms with Crippen LogP contribution in [0, 0.1) is 5.41 Å². The summed E-state index contributed by atoms with van der Waals surface area (Å²) in [4.78, 5) is 11.6. The van der Waals surface area contributed by atoms with Crippen molar-refractivity contribution in [1.82, 2.24) is 0 Å². The van der Waals surface area contributed by atoms with E-state index in [9.17, 15) is 13.2 Å². The van der Waals surface area contributed by atoms with Crippen molar-refractivity contribution in [3.05, 3.63) is 0 Å². The van der Waals surface area contributed by atoms with E-state index in [1.54, 1.807) is 27.7 Å². The molecule has 0 heterocycles. The Morgan fingerprint density at radius 2 is 1.80 bits per heavy atom. The molecule has 0 aliphatic rings. The van der Waals surface area contributed by atoms with E-state index in [2.05, 4.69) is 0 Å². The molecule has 4 nitrogen and oxygen atoms in total. The molecule has 0 radical (unpaired) electrons. The van der Waals surface area contributed by atoms with Crippen molar-refractivity contribution < 1.29 is 13.2 Å². The minimum absolute atomic E-state index is 0.0602. The monoisotopic (exact) mass is 235 g/mol. The van der Waals surface area contributed by atoms with Gasteiger partial charge in [-0.25, -0.2) is 8.42 Å². The number of carbonyl (C=O) groups excluding carboxylic acids is 1. The summed E-state index contributed by atoms with van der Waals surface area (Å²) < 4.78 is 22.9. The molecule has 2 N–H and O–H groups in total. The molecule has 0 bridgehead atoms. The lowest BCUT2D eigenvalue weighted by molar-refractivity contribution is -0.126. The zero-order valence-corrected chi connectivity index (χ0v) is 10.7. The van der Waals surface area contributed by atoms with Gasteiger partial charge in [0.25, 0.3) is 0 Å². The van der Waals surface area contributed by atoms with Crippen LogP contribution in [0.5, 0.6) is 0 Å². The Balaban J connectivity index is 4.37. The molecule has 0 aliphatic carbocycles. The molecule has 0 fully saturated rings. The number of ketones is 1. The fraction of sp³-hybridized carbons (Fsp3) is 0.900. The minimum atomic E-state index is -3.12. The molecule has 0 rings (SSSR count). The number of hydrogen-bond donors (Lipinski definition) is 1. The van der Waals surface area contributed by atoms with Gasteiger partial charge < -0.3 is 5.73 Å². The average Bonchev–Trinajstić information content (AvgIpc) is 2.13. The largest absolute Gasteiger partial charge is 0.329 e. The number of nitrogens with two attached hydrogens (primary N) is 1. The summed E-state index contributed by atoms with van der Waals surface area (Å²) in [6.07, 6.45) is 0.0602. The number of hydrogen-bond acceptors (Lipinski definition) is 4. The SMILES string of the molecule is CC(C)S(=O)(=O)CCC(=O)C(C)(C)CN. The van der Waals surface area contributed by atoms with E-state index in [0.29, 0.717) is 0 Å². The summed E-state index contributed by atoms with van der Waals surface area (Å²) in [6.45, 7) is 6.95. The number of carbonyl (C=O) groups is 1. The summed E-state index contributed by atoms with van der Waals surface area (Å²) in [5.74, 6) is -0.165. The fourth-order valence-corrected chi connectivity index (χ4v) is 1.86. The Hall–Kier alpha value is -0.420. The Kier molecular flexibility index (Phi) is 4.93. The van der Waals surface area contributed by atoms with Crippen molar-refractivity contribution >= 4 is 15.6 Å². The summed E-state index contributed by atoms with van der Waals surface area (Å²) in [7, 11) is -3.12. The van der Waals surface area contributed by atoms with Gasteiger partial charge in [0.05, 0.1) is 11.0 Å². The highest BCUT2D eigenvalue weighted by Gasteiger charge is 2.27. The topological polar surface area (TPSA) is 77.2 Å². The maximum absolute atomic E-state index is 11.6. The van der Waals surface area contributed by atoms with Crippen LogP contribution in [0.3, 0.4) is 0 Å². The van der Waals surface area contributed by atoms with Gasteiger partial charge in [-0.15, -0.1) is 0 Å². The van der Waals surface area contributed by atoms with Crippen LogP contribution in [0.4, 0.5) is 0 Å². The van der Waals surface area contributed by atoms with Crippen molar-refractivity contribution in [3.63, 3.8) is 0 Å². The van der Waals surface area contributed by atoms with E-state index in [4.69, 9.17) is 5.73 Å². The third-order valence-corrected chi connectivity index (χ3v) is 4.81. The van der Waals surface area contributed by atoms with Gasteiger partial charge >= 0.3 is 0 Å². The quantitative estimate of drug-likeness (QED) is 0.737. The van der Waals surface area contributed by atoms with Gasteiger partial charge in [0.2, 0.25) is 0 Å². The standard InChI is InChI=1S/C10H21NO3S/c1-8(2)15(13,14)6-5-9(12)10(3,4)7-11/h8H,5-7,11H2,1-4H3. The zero-order valence-electron chi connectivity index (χ0n) is 9.91. The molecule has 90 valence electrons. The van der Waals surface area contributed by atoms with E-state index in [1.807, 2.05) is 0 Å². The first-order valence-corrected chi connectivity index (χ1v) is 6.80. The van der Waals surface area contributed by atoms with Gasteiger partial charge in [0.1, 0.15) is 5.78 Å². The molecule has 5 heteroatoms. The molecule has 0 saturated carbocycles. The van der Waals surface area contributed by atoms with Crippen LogP contribution in [-0.4, -0.2) is 31.7 Å². The van der Waals surface area contributed by atoms with Gasteiger partial charge in [-0.05, 0) is 13.8 Å². The highest BCUT2D eigenvalue weighted by Crippen LogP contribution is 2.17. The smallest absolute Gasteiger partial charge is 0.153 e. The third kappa shape index (κ3) is 4.30. The Bertz CT molecular complexity index is 318. The van der Waals surface area contributed by atoms with Gasteiger partial charge in [0, 0.05) is 18.4 Å². The third-order valence-electron chi connectivity index (χ3n) is 2.60. The molecule has 0 aromatic heterocycles. The molecule has 0 atom stereocenters. The molecule has 0 unspecified atom stereocenters. The predicted molar refractivity (Wildman–Crippen MR) is 61.4 cm³/mol. The maximum atomic E-state index is 11.6. The highest BCUT2D eigenvalue weighted by atomic mass is 32.2. The molecule has 0 aliphatic heterocycles. The second kappa shape index (κ2) is 5.07. The van der Waals surface area contributed by atoms with Crippen molar-refractivity contribution in [2.75, 3.05) is 12.3 Å². The van der Waals surface area contributed by atoms with Crippen LogP contribution in [-0.2, 0) is 14.6 Å². The summed E-state index contributed by atoms with van der Waals surface area (Å²) >= 11 is 0. The number of Topliss-reactive ketones (excluding diaryl/α,β-unsaturated/α-hetero) is 1. The number of rotatable bonds is 6. The molecule has 0 spiro atoms. The first-order chi connectivity index (χ1) is 6.63. The zero-order chi connectivity index (χ0) is 12.3. The van der Waals surface area contributed by atoms with Crippen molar-refractivity contribution in [2.24, 2.45) is 11.1 Å². The Morgan fingerprint density at radius 1 is 1.33 bits per heavy atom. The lowest BCUT2D eigenvalue weighted by atomic mass is 9.87. The van der Waals surface area contributed by atoms with E-state index in [1.165, 1.54) is 0 Å². The van der Waals surface area contributed by atoms with Gasteiger partial charge in [-0.2, -0.15) is 0 Å². The first kappa shape index (κ1) is 14.6. The first-order valence-electron chi connectivity index (χ1n) is 5.08. The molecular weight excluding hydrogens is 214 g/mol. The maximum Gasteiger partial charge on any atom is 0.153 e. The molecule has 0 aromatic carbocycles. The molecule has 0 amide bonds.